The maximum atomic E-state index is 5.20. The number of nitrogens with zero attached hydrogens (tertiary/aromatic N) is 6. The molecule has 7 heteroatoms. The zero-order valence-corrected chi connectivity index (χ0v) is 29.1. The molecule has 10 aromatic rings. The van der Waals surface area contributed by atoms with Gasteiger partial charge in [-0.05, 0) is 41.0 Å². The Morgan fingerprint density at radius 2 is 0.849 bits per heavy atom. The lowest BCUT2D eigenvalue weighted by atomic mass is 9.93. The molecule has 0 amide bonds. The highest BCUT2D eigenvalue weighted by Crippen LogP contribution is 2.41. The van der Waals surface area contributed by atoms with Crippen LogP contribution in [0.3, 0.4) is 0 Å². The third-order valence-electron chi connectivity index (χ3n) is 9.57. The van der Waals surface area contributed by atoms with Crippen molar-refractivity contribution in [2.45, 2.75) is 0 Å². The van der Waals surface area contributed by atoms with Crippen LogP contribution in [0.1, 0.15) is 0 Å². The van der Waals surface area contributed by atoms with Crippen LogP contribution in [0.25, 0.3) is 100 Å². The minimum absolute atomic E-state index is 0.590. The Morgan fingerprint density at radius 3 is 1.55 bits per heavy atom. The van der Waals surface area contributed by atoms with E-state index in [1.54, 1.807) is 0 Å². The van der Waals surface area contributed by atoms with E-state index in [-0.39, 0.29) is 0 Å². The fraction of sp³-hybridized carbons (Fsp3) is 0. The molecule has 6 nitrogen and oxygen atoms in total. The number of para-hydroxylation sites is 1. The maximum absolute atomic E-state index is 5.20. The van der Waals surface area contributed by atoms with Crippen LogP contribution < -0.4 is 0 Å². The Labute approximate surface area is 309 Å². The van der Waals surface area contributed by atoms with E-state index in [9.17, 15) is 0 Å². The molecule has 0 aliphatic carbocycles. The number of hydrogen-bond donors (Lipinski definition) is 0. The number of fused-ring (bicyclic) bond motifs is 5. The molecule has 0 unspecified atom stereocenters. The van der Waals surface area contributed by atoms with Crippen LogP contribution in [-0.4, -0.2) is 28.7 Å². The van der Waals surface area contributed by atoms with Crippen molar-refractivity contribution in [3.8, 4) is 67.7 Å². The average Bonchev–Trinajstić information content (AvgIpc) is 3.74. The first-order valence-electron chi connectivity index (χ1n) is 17.4. The summed E-state index contributed by atoms with van der Waals surface area (Å²) in [6.45, 7) is 0. The van der Waals surface area contributed by atoms with Crippen LogP contribution in [-0.2, 0) is 0 Å². The molecule has 0 atom stereocenters. The molecular weight excluding hydrogens is 669 g/mol. The topological polar surface area (TPSA) is 77.3 Å². The van der Waals surface area contributed by atoms with E-state index in [4.69, 9.17) is 28.7 Å². The number of hydrogen-bond acceptors (Lipinski definition) is 7. The second kappa shape index (κ2) is 13.0. The van der Waals surface area contributed by atoms with Gasteiger partial charge in [-0.2, -0.15) is 8.75 Å². The van der Waals surface area contributed by atoms with E-state index >= 15 is 0 Å². The van der Waals surface area contributed by atoms with Gasteiger partial charge in [-0.15, -0.1) is 0 Å². The van der Waals surface area contributed by atoms with E-state index in [0.717, 1.165) is 82.9 Å². The Balaban J connectivity index is 1.17. The average molecular weight is 697 g/mol. The van der Waals surface area contributed by atoms with Gasteiger partial charge in [0.2, 0.25) is 0 Å². The van der Waals surface area contributed by atoms with E-state index in [1.165, 1.54) is 11.7 Å². The summed E-state index contributed by atoms with van der Waals surface area (Å²) in [5.74, 6) is 1.81. The molecule has 7 aromatic carbocycles. The summed E-state index contributed by atoms with van der Waals surface area (Å²) in [6, 6.07) is 58.0. The van der Waals surface area contributed by atoms with Crippen LogP contribution in [0.4, 0.5) is 0 Å². The summed E-state index contributed by atoms with van der Waals surface area (Å²) < 4.78 is 9.75. The van der Waals surface area contributed by atoms with Gasteiger partial charge in [0.25, 0.3) is 0 Å². The van der Waals surface area contributed by atoms with Crippen LogP contribution >= 0.6 is 11.7 Å². The molecule has 248 valence electrons. The van der Waals surface area contributed by atoms with Crippen molar-refractivity contribution in [1.29, 1.82) is 0 Å². The summed E-state index contributed by atoms with van der Waals surface area (Å²) in [5, 5.41) is 3.15. The minimum Gasteiger partial charge on any atom is -0.247 e. The molecule has 0 bridgehead atoms. The van der Waals surface area contributed by atoms with E-state index in [1.807, 2.05) is 48.5 Å². The zero-order valence-electron chi connectivity index (χ0n) is 28.3. The van der Waals surface area contributed by atoms with Gasteiger partial charge in [0.05, 0.1) is 22.9 Å². The molecule has 53 heavy (non-hydrogen) atoms. The monoisotopic (exact) mass is 696 g/mol. The molecule has 0 saturated carbocycles. The van der Waals surface area contributed by atoms with Crippen molar-refractivity contribution >= 4 is 44.4 Å². The van der Waals surface area contributed by atoms with Crippen molar-refractivity contribution in [1.82, 2.24) is 28.7 Å². The number of pyridine rings is 1. The Hall–Kier alpha value is -6.96. The molecule has 0 aliphatic heterocycles. The van der Waals surface area contributed by atoms with Crippen molar-refractivity contribution in [2.24, 2.45) is 0 Å². The number of aromatic nitrogens is 6. The highest BCUT2D eigenvalue weighted by Gasteiger charge is 2.20. The maximum Gasteiger partial charge on any atom is 0.164 e. The van der Waals surface area contributed by atoms with Crippen LogP contribution in [0.2, 0.25) is 0 Å². The van der Waals surface area contributed by atoms with Gasteiger partial charge in [-0.1, -0.05) is 146 Å². The molecule has 0 saturated heterocycles. The first-order chi connectivity index (χ1) is 26.3. The van der Waals surface area contributed by atoms with Gasteiger partial charge in [-0.3, -0.25) is 0 Å². The molecule has 0 N–H and O–H groups in total. The van der Waals surface area contributed by atoms with Crippen molar-refractivity contribution in [3.05, 3.63) is 170 Å². The van der Waals surface area contributed by atoms with Gasteiger partial charge < -0.3 is 0 Å². The summed E-state index contributed by atoms with van der Waals surface area (Å²) >= 11 is 1.23. The lowest BCUT2D eigenvalue weighted by Crippen LogP contribution is -2.00. The molecule has 3 aromatic heterocycles. The predicted molar refractivity (Wildman–Crippen MR) is 216 cm³/mol. The Kier molecular flexibility index (Phi) is 7.55. The molecule has 0 spiro atoms. The molecule has 10 rings (SSSR count). The van der Waals surface area contributed by atoms with Crippen LogP contribution in [0, 0.1) is 0 Å². The zero-order chi connectivity index (χ0) is 35.1. The van der Waals surface area contributed by atoms with E-state index < -0.39 is 0 Å². The molecule has 3 heterocycles. The quantitative estimate of drug-likeness (QED) is 0.161. The first-order valence-corrected chi connectivity index (χ1v) is 18.1. The van der Waals surface area contributed by atoms with Crippen molar-refractivity contribution in [2.75, 3.05) is 0 Å². The van der Waals surface area contributed by atoms with Gasteiger partial charge in [-0.25, -0.2) is 19.9 Å². The normalized spacial score (nSPS) is 11.4. The molecule has 0 fully saturated rings. The number of benzene rings is 7. The Bertz CT molecular complexity index is 2950. The van der Waals surface area contributed by atoms with Crippen LogP contribution in [0.5, 0.6) is 0 Å². The van der Waals surface area contributed by atoms with Crippen LogP contribution in [0.15, 0.2) is 170 Å². The smallest absolute Gasteiger partial charge is 0.164 e. The second-order valence-corrected chi connectivity index (χ2v) is 13.4. The largest absolute Gasteiger partial charge is 0.247 e. The van der Waals surface area contributed by atoms with Gasteiger partial charge in [0, 0.05) is 44.0 Å². The van der Waals surface area contributed by atoms with Crippen molar-refractivity contribution < 1.29 is 0 Å². The second-order valence-electron chi connectivity index (χ2n) is 12.9. The Morgan fingerprint density at radius 1 is 0.340 bits per heavy atom. The van der Waals surface area contributed by atoms with Gasteiger partial charge >= 0.3 is 0 Å². The third kappa shape index (κ3) is 5.60. The molecule has 0 radical (unpaired) electrons. The highest BCUT2D eigenvalue weighted by molar-refractivity contribution is 7.00. The fourth-order valence-corrected chi connectivity index (χ4v) is 7.61. The van der Waals surface area contributed by atoms with Gasteiger partial charge in [0.1, 0.15) is 11.0 Å². The molecular formula is C46H28N6S. The minimum atomic E-state index is 0.590. The standard InChI is InChI=1S/C46H28N6S/c1-4-14-29(15-5-1)32-20-12-22-34(26-32)45-48-44(31-18-8-3-9-19-31)49-46(50-45)35-23-13-21-33(27-35)37-28-38-40(43-42(37)51-53-52-43)36-24-10-11-25-39(36)47-41(38)30-16-6-2-7-17-30/h1-28H. The SMILES string of the molecule is c1ccc(-c2cccc(-c3nc(-c4ccccc4)nc(-c4cccc(-c5cc6c(-c7ccccc7)nc7ccccc7c6c6nsnc56)c4)n3)c2)cc1. The lowest BCUT2D eigenvalue weighted by molar-refractivity contribution is 1.07. The summed E-state index contributed by atoms with van der Waals surface area (Å²) in [4.78, 5) is 20.3. The predicted octanol–water partition coefficient (Wildman–Crippen LogP) is 11.6. The fourth-order valence-electron chi connectivity index (χ4n) is 7.05. The van der Waals surface area contributed by atoms with E-state index in [0.29, 0.717) is 17.5 Å². The summed E-state index contributed by atoms with van der Waals surface area (Å²) in [7, 11) is 0. The van der Waals surface area contributed by atoms with Crippen molar-refractivity contribution in [3.63, 3.8) is 0 Å². The summed E-state index contributed by atoms with van der Waals surface area (Å²) in [6.07, 6.45) is 0. The highest BCUT2D eigenvalue weighted by atomic mass is 32.1. The third-order valence-corrected chi connectivity index (χ3v) is 10.1. The van der Waals surface area contributed by atoms with Gasteiger partial charge in [0.15, 0.2) is 17.5 Å². The van der Waals surface area contributed by atoms with E-state index in [2.05, 4.69) is 121 Å². The molecule has 0 aliphatic rings. The number of rotatable bonds is 6. The lowest BCUT2D eigenvalue weighted by Gasteiger charge is -2.14. The first kappa shape index (κ1) is 30.8. The summed E-state index contributed by atoms with van der Waals surface area (Å²) in [5.41, 5.74) is 11.5.